The third-order valence-electron chi connectivity index (χ3n) is 3.57. The van der Waals surface area contributed by atoms with E-state index in [0.29, 0.717) is 13.0 Å². The highest BCUT2D eigenvalue weighted by atomic mass is 19.1. The van der Waals surface area contributed by atoms with Crippen molar-refractivity contribution < 1.29 is 19.0 Å². The van der Waals surface area contributed by atoms with Crippen molar-refractivity contribution in [3.63, 3.8) is 0 Å². The topological polar surface area (TPSA) is 72.6 Å². The molecule has 19 heavy (non-hydrogen) atoms. The van der Waals surface area contributed by atoms with Crippen molar-refractivity contribution in [1.29, 1.82) is 0 Å². The van der Waals surface area contributed by atoms with E-state index in [9.17, 15) is 9.18 Å². The molecule has 0 spiro atoms. The molecule has 4 unspecified atom stereocenters. The van der Waals surface area contributed by atoms with Crippen LogP contribution in [0.25, 0.3) is 0 Å². The molecule has 2 rings (SSSR count). The van der Waals surface area contributed by atoms with Gasteiger partial charge in [0.2, 0.25) is 0 Å². The Labute approximate surface area is 111 Å². The van der Waals surface area contributed by atoms with Gasteiger partial charge in [0.05, 0.1) is 18.6 Å². The molecule has 0 heterocycles. The maximum atomic E-state index is 12.7. The van der Waals surface area contributed by atoms with E-state index in [-0.39, 0.29) is 23.9 Å². The number of nitrogens with two attached hydrogens (primary N) is 1. The summed E-state index contributed by atoms with van der Waals surface area (Å²) in [5.41, 5.74) is 6.60. The molecule has 1 aliphatic rings. The number of halogens is 1. The molecular formula is C14H18FNO3. The zero-order valence-corrected chi connectivity index (χ0v) is 10.8. The monoisotopic (exact) mass is 267 g/mol. The Balaban J connectivity index is 1.75. The maximum Gasteiger partial charge on any atom is 0.308 e. The van der Waals surface area contributed by atoms with Crippen molar-refractivity contribution in [1.82, 2.24) is 0 Å². The Bertz CT molecular complexity index is 449. The smallest absolute Gasteiger partial charge is 0.308 e. The van der Waals surface area contributed by atoms with Gasteiger partial charge in [-0.15, -0.1) is 0 Å². The van der Waals surface area contributed by atoms with E-state index in [1.165, 1.54) is 12.1 Å². The van der Waals surface area contributed by atoms with Crippen molar-refractivity contribution in [3.8, 4) is 0 Å². The van der Waals surface area contributed by atoms with Crippen LogP contribution in [0.5, 0.6) is 0 Å². The van der Waals surface area contributed by atoms with Gasteiger partial charge in [0.1, 0.15) is 5.82 Å². The second-order valence-corrected chi connectivity index (χ2v) is 5.09. The number of rotatable bonds is 6. The molecule has 1 aliphatic carbocycles. The van der Waals surface area contributed by atoms with E-state index in [1.54, 1.807) is 12.1 Å². The summed E-state index contributed by atoms with van der Waals surface area (Å²) in [6, 6.07) is 5.87. The van der Waals surface area contributed by atoms with Crippen LogP contribution in [0.2, 0.25) is 0 Å². The van der Waals surface area contributed by atoms with Crippen LogP contribution in [0.4, 0.5) is 4.39 Å². The average Bonchev–Trinajstić information content (AvgIpc) is 2.99. The van der Waals surface area contributed by atoms with Crippen molar-refractivity contribution in [3.05, 3.63) is 35.6 Å². The summed E-state index contributed by atoms with van der Waals surface area (Å²) >= 11 is 0. The molecule has 4 atom stereocenters. The molecule has 0 bridgehead atoms. The van der Waals surface area contributed by atoms with Crippen molar-refractivity contribution in [2.75, 3.05) is 0 Å². The molecule has 0 radical (unpaired) electrons. The minimum absolute atomic E-state index is 0.000665. The zero-order valence-electron chi connectivity index (χ0n) is 10.8. The first kappa shape index (κ1) is 14.0. The van der Waals surface area contributed by atoms with Crippen molar-refractivity contribution in [2.45, 2.75) is 32.1 Å². The molecular weight excluding hydrogens is 249 g/mol. The first-order chi connectivity index (χ1) is 8.99. The third-order valence-corrected chi connectivity index (χ3v) is 3.57. The first-order valence-electron chi connectivity index (χ1n) is 6.33. The van der Waals surface area contributed by atoms with Gasteiger partial charge in [-0.3, -0.25) is 4.79 Å². The Morgan fingerprint density at radius 2 is 2.11 bits per heavy atom. The predicted molar refractivity (Wildman–Crippen MR) is 67.9 cm³/mol. The van der Waals surface area contributed by atoms with Crippen LogP contribution in [-0.4, -0.2) is 23.2 Å². The summed E-state index contributed by atoms with van der Waals surface area (Å²) in [6.45, 7) is 2.29. The molecule has 104 valence electrons. The molecule has 1 saturated carbocycles. The highest BCUT2D eigenvalue weighted by Gasteiger charge is 2.52. The van der Waals surface area contributed by atoms with Gasteiger partial charge in [-0.05, 0) is 37.0 Å². The highest BCUT2D eigenvalue weighted by Crippen LogP contribution is 2.41. The summed E-state index contributed by atoms with van der Waals surface area (Å²) < 4.78 is 18.3. The van der Waals surface area contributed by atoms with E-state index in [4.69, 9.17) is 15.6 Å². The van der Waals surface area contributed by atoms with Crippen molar-refractivity contribution in [2.24, 2.45) is 17.6 Å². The van der Waals surface area contributed by atoms with Gasteiger partial charge in [0.25, 0.3) is 0 Å². The SMILES string of the molecule is CC(CC1C(N)C1C(=O)O)OCc1ccc(F)cc1. The predicted octanol–water partition coefficient (Wildman–Crippen LogP) is 1.78. The molecule has 0 amide bonds. The van der Waals surface area contributed by atoms with E-state index in [0.717, 1.165) is 5.56 Å². The third kappa shape index (κ3) is 3.52. The van der Waals surface area contributed by atoms with Gasteiger partial charge in [-0.25, -0.2) is 4.39 Å². The lowest BCUT2D eigenvalue weighted by atomic mass is 10.1. The fourth-order valence-electron chi connectivity index (χ4n) is 2.32. The second kappa shape index (κ2) is 5.67. The standard InChI is InChI=1S/C14H18FNO3/c1-8(6-11-12(13(11)16)14(17)18)19-7-9-2-4-10(15)5-3-9/h2-5,8,11-13H,6-7,16H2,1H3,(H,17,18). The lowest BCUT2D eigenvalue weighted by molar-refractivity contribution is -0.139. The van der Waals surface area contributed by atoms with Crippen LogP contribution < -0.4 is 5.73 Å². The largest absolute Gasteiger partial charge is 0.481 e. The molecule has 1 aromatic rings. The van der Waals surface area contributed by atoms with Gasteiger partial charge >= 0.3 is 5.97 Å². The molecule has 5 heteroatoms. The number of carbonyl (C=O) groups is 1. The van der Waals surface area contributed by atoms with Gasteiger partial charge in [0, 0.05) is 6.04 Å². The minimum atomic E-state index is -0.830. The lowest BCUT2D eigenvalue weighted by Gasteiger charge is -2.12. The number of aliphatic carboxylic acids is 1. The Morgan fingerprint density at radius 3 is 2.63 bits per heavy atom. The molecule has 1 aromatic carbocycles. The van der Waals surface area contributed by atoms with Gasteiger partial charge < -0.3 is 15.6 Å². The van der Waals surface area contributed by atoms with Crippen LogP contribution in [0.15, 0.2) is 24.3 Å². The summed E-state index contributed by atoms with van der Waals surface area (Å²) in [6.07, 6.45) is 0.574. The summed E-state index contributed by atoms with van der Waals surface area (Å²) in [5, 5.41) is 8.88. The van der Waals surface area contributed by atoms with E-state index in [1.807, 2.05) is 6.92 Å². The van der Waals surface area contributed by atoms with Crippen LogP contribution in [0, 0.1) is 17.7 Å². The molecule has 4 nitrogen and oxygen atoms in total. The van der Waals surface area contributed by atoms with E-state index < -0.39 is 11.9 Å². The number of benzene rings is 1. The lowest BCUT2D eigenvalue weighted by Crippen LogP contribution is -2.12. The summed E-state index contributed by atoms with van der Waals surface area (Å²) in [5.74, 6) is -1.54. The fraction of sp³-hybridized carbons (Fsp3) is 0.500. The molecule has 0 aliphatic heterocycles. The zero-order chi connectivity index (χ0) is 14.0. The second-order valence-electron chi connectivity index (χ2n) is 5.09. The van der Waals surface area contributed by atoms with Crippen LogP contribution in [-0.2, 0) is 16.1 Å². The number of carboxylic acids is 1. The van der Waals surface area contributed by atoms with Gasteiger partial charge in [0.15, 0.2) is 0 Å². The molecule has 3 N–H and O–H groups in total. The van der Waals surface area contributed by atoms with Crippen LogP contribution >= 0.6 is 0 Å². The van der Waals surface area contributed by atoms with Crippen LogP contribution in [0.3, 0.4) is 0 Å². The summed E-state index contributed by atoms with van der Waals surface area (Å²) in [4.78, 5) is 10.8. The normalized spacial score (nSPS) is 27.0. The molecule has 1 fully saturated rings. The number of hydrogen-bond donors (Lipinski definition) is 2. The van der Waals surface area contributed by atoms with E-state index in [2.05, 4.69) is 0 Å². The quantitative estimate of drug-likeness (QED) is 0.824. The minimum Gasteiger partial charge on any atom is -0.481 e. The van der Waals surface area contributed by atoms with Gasteiger partial charge in [-0.2, -0.15) is 0 Å². The summed E-state index contributed by atoms with van der Waals surface area (Å²) in [7, 11) is 0. The number of carboxylic acid groups (broad SMARTS) is 1. The highest BCUT2D eigenvalue weighted by molar-refractivity contribution is 5.75. The van der Waals surface area contributed by atoms with E-state index >= 15 is 0 Å². The number of hydrogen-bond acceptors (Lipinski definition) is 3. The molecule has 0 aromatic heterocycles. The van der Waals surface area contributed by atoms with Gasteiger partial charge in [-0.1, -0.05) is 12.1 Å². The van der Waals surface area contributed by atoms with Crippen LogP contribution in [0.1, 0.15) is 18.9 Å². The van der Waals surface area contributed by atoms with Crippen molar-refractivity contribution >= 4 is 5.97 Å². The fourth-order valence-corrected chi connectivity index (χ4v) is 2.32. The number of ether oxygens (including phenoxy) is 1. The Morgan fingerprint density at radius 1 is 1.47 bits per heavy atom. The Hall–Kier alpha value is -1.46. The Kier molecular flexibility index (Phi) is 4.17. The molecule has 0 saturated heterocycles. The maximum absolute atomic E-state index is 12.7. The first-order valence-corrected chi connectivity index (χ1v) is 6.33. The average molecular weight is 267 g/mol.